The average Bonchev–Trinajstić information content (AvgIpc) is 3.71. The van der Waals surface area contributed by atoms with Crippen molar-refractivity contribution in [1.82, 2.24) is 30.4 Å². The van der Waals surface area contributed by atoms with Gasteiger partial charge in [0.1, 0.15) is 10.0 Å². The molecule has 1 saturated carbocycles. The summed E-state index contributed by atoms with van der Waals surface area (Å²) in [5, 5.41) is 25.4. The summed E-state index contributed by atoms with van der Waals surface area (Å²) in [5.41, 5.74) is 1.56. The first-order chi connectivity index (χ1) is 19.0. The summed E-state index contributed by atoms with van der Waals surface area (Å²) in [7, 11) is 3.09. The minimum Gasteiger partial charge on any atom is -0.481 e. The van der Waals surface area contributed by atoms with E-state index in [4.69, 9.17) is 9.47 Å². The number of amides is 2. The van der Waals surface area contributed by atoms with Gasteiger partial charge < -0.3 is 20.1 Å². The van der Waals surface area contributed by atoms with E-state index in [2.05, 4.69) is 41.0 Å². The quantitative estimate of drug-likeness (QED) is 0.291. The summed E-state index contributed by atoms with van der Waals surface area (Å²) in [6, 6.07) is 7.05. The zero-order chi connectivity index (χ0) is 27.2. The lowest BCUT2D eigenvalue weighted by atomic mass is 10.1. The zero-order valence-corrected chi connectivity index (χ0v) is 22.9. The first-order valence-corrected chi connectivity index (χ1v) is 13.9. The second-order valence-electron chi connectivity index (χ2n) is 8.97. The number of pyridine rings is 2. The number of nitrogens with zero attached hydrogens (tertiary/aromatic N) is 6. The highest BCUT2D eigenvalue weighted by Gasteiger charge is 2.32. The lowest BCUT2D eigenvalue weighted by Crippen LogP contribution is -2.14. The number of anilines is 2. The van der Waals surface area contributed by atoms with E-state index in [9.17, 15) is 9.59 Å². The van der Waals surface area contributed by atoms with Gasteiger partial charge in [-0.1, -0.05) is 34.8 Å². The van der Waals surface area contributed by atoms with Crippen LogP contribution in [0.3, 0.4) is 0 Å². The molecule has 12 nitrogen and oxygen atoms in total. The molecule has 14 heteroatoms. The minimum absolute atomic E-state index is 0.180. The topological polar surface area (TPSA) is 154 Å². The molecule has 0 saturated heterocycles. The molecule has 2 amide bonds. The van der Waals surface area contributed by atoms with Crippen LogP contribution in [0.5, 0.6) is 11.8 Å². The fourth-order valence-electron chi connectivity index (χ4n) is 4.30. The monoisotopic (exact) mass is 566 g/mol. The molecule has 2 N–H and O–H groups in total. The van der Waals surface area contributed by atoms with E-state index in [-0.39, 0.29) is 36.5 Å². The third-order valence-electron chi connectivity index (χ3n) is 6.25. The van der Waals surface area contributed by atoms with Gasteiger partial charge in [0.25, 0.3) is 0 Å². The summed E-state index contributed by atoms with van der Waals surface area (Å²) in [6.07, 6.45) is 6.35. The highest BCUT2D eigenvalue weighted by molar-refractivity contribution is 7.15. The van der Waals surface area contributed by atoms with E-state index in [0.29, 0.717) is 22.0 Å². The van der Waals surface area contributed by atoms with Gasteiger partial charge in [0, 0.05) is 36.4 Å². The Bertz CT molecular complexity index is 1320. The Labute approximate surface area is 232 Å². The van der Waals surface area contributed by atoms with E-state index in [1.165, 1.54) is 22.7 Å². The number of carbonyl (C=O) groups is 2. The molecular formula is C25H26N8O4S2. The largest absolute Gasteiger partial charge is 0.481 e. The number of carbonyl (C=O) groups excluding carboxylic acids is 2. The van der Waals surface area contributed by atoms with Crippen LogP contribution >= 0.6 is 22.7 Å². The molecule has 5 rings (SSSR count). The highest BCUT2D eigenvalue weighted by Crippen LogP contribution is 2.45. The number of rotatable bonds is 10. The number of nitrogens with one attached hydrogen (secondary N) is 2. The van der Waals surface area contributed by atoms with Crippen molar-refractivity contribution in [2.24, 2.45) is 0 Å². The van der Waals surface area contributed by atoms with Crippen molar-refractivity contribution >= 4 is 44.8 Å². The first-order valence-electron chi connectivity index (χ1n) is 12.2. The summed E-state index contributed by atoms with van der Waals surface area (Å²) < 4.78 is 10.1. The van der Waals surface area contributed by atoms with E-state index in [1.807, 2.05) is 0 Å². The van der Waals surface area contributed by atoms with Gasteiger partial charge in [-0.15, -0.1) is 20.4 Å². The molecule has 1 aliphatic carbocycles. The number of hydrogen-bond acceptors (Lipinski definition) is 12. The van der Waals surface area contributed by atoms with Crippen LogP contribution in [0, 0.1) is 0 Å². The lowest BCUT2D eigenvalue weighted by Gasteiger charge is -2.05. The molecule has 2 atom stereocenters. The third kappa shape index (κ3) is 6.89. The second kappa shape index (κ2) is 12.2. The number of methoxy groups -OCH3 is 2. The van der Waals surface area contributed by atoms with Crippen molar-refractivity contribution in [2.45, 2.75) is 43.9 Å². The van der Waals surface area contributed by atoms with Crippen molar-refractivity contribution in [2.75, 3.05) is 24.9 Å². The van der Waals surface area contributed by atoms with Crippen LogP contribution < -0.4 is 20.1 Å². The van der Waals surface area contributed by atoms with Crippen LogP contribution in [0.2, 0.25) is 0 Å². The van der Waals surface area contributed by atoms with Crippen LogP contribution in [0.1, 0.15) is 52.2 Å². The van der Waals surface area contributed by atoms with Crippen molar-refractivity contribution in [3.63, 3.8) is 0 Å². The highest BCUT2D eigenvalue weighted by atomic mass is 32.1. The molecule has 1 fully saturated rings. The molecule has 0 radical (unpaired) electrons. The molecule has 1 aliphatic rings. The molecule has 202 valence electrons. The Morgan fingerprint density at radius 2 is 1.23 bits per heavy atom. The Morgan fingerprint density at radius 1 is 0.769 bits per heavy atom. The summed E-state index contributed by atoms with van der Waals surface area (Å²) in [5.74, 6) is 1.10. The molecule has 4 aromatic rings. The SMILES string of the molecule is COc1ccc(CC(=O)Nc2nnc(C3CCC(c4nnc(NC(=O)Cc5ccc(OC)nc5)s4)C3)s2)cn1. The predicted octanol–water partition coefficient (Wildman–Crippen LogP) is 3.61. The zero-order valence-electron chi connectivity index (χ0n) is 21.3. The molecule has 39 heavy (non-hydrogen) atoms. The van der Waals surface area contributed by atoms with Gasteiger partial charge in [-0.3, -0.25) is 9.59 Å². The van der Waals surface area contributed by atoms with Gasteiger partial charge in [-0.05, 0) is 30.4 Å². The molecule has 0 bridgehead atoms. The third-order valence-corrected chi connectivity index (χ3v) is 8.25. The Balaban J connectivity index is 1.11. The molecule has 0 aliphatic heterocycles. The van der Waals surface area contributed by atoms with Gasteiger partial charge in [0.2, 0.25) is 33.8 Å². The Kier molecular flexibility index (Phi) is 8.32. The van der Waals surface area contributed by atoms with Crippen molar-refractivity contribution < 1.29 is 19.1 Å². The van der Waals surface area contributed by atoms with Gasteiger partial charge in [-0.2, -0.15) is 0 Å². The summed E-state index contributed by atoms with van der Waals surface area (Å²) in [6.45, 7) is 0. The standard InChI is InChI=1S/C25H26N8O4S2/c1-36-20-7-3-14(12-26-20)9-18(34)28-24-32-30-22(38-24)16-5-6-17(11-16)23-31-33-25(39-23)29-19(35)10-15-4-8-21(37-2)27-13-15/h3-4,7-8,12-13,16-17H,5-6,9-11H2,1-2H3,(H,28,32,34)(H,29,33,35). The Morgan fingerprint density at radius 3 is 1.62 bits per heavy atom. The van der Waals surface area contributed by atoms with Crippen molar-refractivity contribution in [3.05, 3.63) is 57.8 Å². The van der Waals surface area contributed by atoms with Gasteiger partial charge in [-0.25, -0.2) is 9.97 Å². The first kappa shape index (κ1) is 26.6. The van der Waals surface area contributed by atoms with E-state index < -0.39 is 0 Å². The molecule has 2 unspecified atom stereocenters. The maximum absolute atomic E-state index is 12.4. The van der Waals surface area contributed by atoms with Crippen molar-refractivity contribution in [1.29, 1.82) is 0 Å². The predicted molar refractivity (Wildman–Crippen MR) is 145 cm³/mol. The van der Waals surface area contributed by atoms with Crippen LogP contribution in [0.25, 0.3) is 0 Å². The molecule has 4 heterocycles. The normalized spacial score (nSPS) is 16.6. The van der Waals surface area contributed by atoms with Crippen LogP contribution in [-0.4, -0.2) is 56.4 Å². The second-order valence-corrected chi connectivity index (χ2v) is 11.0. The fraction of sp³-hybridized carbons (Fsp3) is 0.360. The Hall–Kier alpha value is -4.04. The van der Waals surface area contributed by atoms with Gasteiger partial charge in [0.05, 0.1) is 27.1 Å². The fourth-order valence-corrected chi connectivity index (χ4v) is 6.11. The van der Waals surface area contributed by atoms with Gasteiger partial charge >= 0.3 is 0 Å². The van der Waals surface area contributed by atoms with Crippen LogP contribution in [0.4, 0.5) is 10.3 Å². The molecular weight excluding hydrogens is 540 g/mol. The summed E-state index contributed by atoms with van der Waals surface area (Å²) >= 11 is 2.79. The maximum atomic E-state index is 12.4. The van der Waals surface area contributed by atoms with E-state index in [1.54, 1.807) is 50.9 Å². The maximum Gasteiger partial charge on any atom is 0.230 e. The number of aromatic nitrogens is 6. The van der Waals surface area contributed by atoms with Gasteiger partial charge in [0.15, 0.2) is 0 Å². The molecule has 4 aromatic heterocycles. The lowest BCUT2D eigenvalue weighted by molar-refractivity contribution is -0.116. The van der Waals surface area contributed by atoms with Crippen molar-refractivity contribution in [3.8, 4) is 11.8 Å². The number of ether oxygens (including phenoxy) is 2. The van der Waals surface area contributed by atoms with E-state index in [0.717, 1.165) is 40.4 Å². The smallest absolute Gasteiger partial charge is 0.230 e. The van der Waals surface area contributed by atoms with Crippen LogP contribution in [-0.2, 0) is 22.4 Å². The number of hydrogen-bond donors (Lipinski definition) is 2. The average molecular weight is 567 g/mol. The molecule has 0 spiro atoms. The van der Waals surface area contributed by atoms with Crippen LogP contribution in [0.15, 0.2) is 36.7 Å². The van der Waals surface area contributed by atoms with E-state index >= 15 is 0 Å². The molecule has 0 aromatic carbocycles. The summed E-state index contributed by atoms with van der Waals surface area (Å²) in [4.78, 5) is 33.1. The minimum atomic E-state index is -0.180.